The molecule has 5 heteroatoms. The van der Waals surface area contributed by atoms with Crippen LogP contribution in [0.25, 0.3) is 0 Å². The van der Waals surface area contributed by atoms with E-state index in [0.717, 1.165) is 0 Å². The molecule has 0 aliphatic rings. The summed E-state index contributed by atoms with van der Waals surface area (Å²) in [5.74, 6) is -0.194. The highest BCUT2D eigenvalue weighted by Gasteiger charge is 1.97. The Morgan fingerprint density at radius 2 is 2.11 bits per heavy atom. The third kappa shape index (κ3) is 5.54. The van der Waals surface area contributed by atoms with E-state index in [1.165, 1.54) is 7.05 Å². The molecule has 0 spiro atoms. The Kier molecular flexibility index (Phi) is 4.37. The van der Waals surface area contributed by atoms with Crippen LogP contribution in [0, 0.1) is 0 Å². The summed E-state index contributed by atoms with van der Waals surface area (Å²) >= 11 is 1.56. The summed E-state index contributed by atoms with van der Waals surface area (Å²) in [6.45, 7) is 0.0538. The second-order valence-electron chi connectivity index (χ2n) is 1.30. The number of hydrogen-bond acceptors (Lipinski definition) is 2. The lowest BCUT2D eigenvalue weighted by atomic mass is 10.6. The molecule has 0 saturated heterocycles. The molecule has 0 atom stereocenters. The minimum atomic E-state index is -0.226. The van der Waals surface area contributed by atoms with Crippen molar-refractivity contribution in [2.45, 2.75) is 0 Å². The maximum atomic E-state index is 10.4. The van der Waals surface area contributed by atoms with Gasteiger partial charge in [0.1, 0.15) is 0 Å². The van der Waals surface area contributed by atoms with Crippen LogP contribution >= 0.6 is 22.6 Å². The van der Waals surface area contributed by atoms with Gasteiger partial charge >= 0.3 is 0 Å². The van der Waals surface area contributed by atoms with Gasteiger partial charge in [-0.05, 0) is 0 Å². The molecular formula is C4H7IN2O2. The maximum Gasteiger partial charge on any atom is 0.281 e. The average Bonchev–Trinajstić information content (AvgIpc) is 1.83. The molecule has 0 saturated carbocycles. The second kappa shape index (κ2) is 4.54. The van der Waals surface area contributed by atoms with Gasteiger partial charge in [-0.3, -0.25) is 9.59 Å². The van der Waals surface area contributed by atoms with Crippen LogP contribution in [0.4, 0.5) is 4.79 Å². The molecule has 0 aliphatic carbocycles. The average molecular weight is 242 g/mol. The summed E-state index contributed by atoms with van der Waals surface area (Å²) in [5, 5.41) is 4.70. The first-order valence-electron chi connectivity index (χ1n) is 2.30. The van der Waals surface area contributed by atoms with Crippen molar-refractivity contribution >= 4 is 32.4 Å². The molecule has 9 heavy (non-hydrogen) atoms. The predicted molar refractivity (Wildman–Crippen MR) is 41.5 cm³/mol. The number of amides is 2. The molecule has 0 heterocycles. The molecule has 2 N–H and O–H groups in total. The Morgan fingerprint density at radius 1 is 1.56 bits per heavy atom. The molecule has 4 nitrogen and oxygen atoms in total. The Bertz CT molecular complexity index is 126. The van der Waals surface area contributed by atoms with Crippen LogP contribution in [-0.2, 0) is 4.79 Å². The SMILES string of the molecule is CNC(=O)CNC(=O)I. The minimum absolute atomic E-state index is 0.0538. The van der Waals surface area contributed by atoms with Crippen LogP contribution in [-0.4, -0.2) is 23.4 Å². The van der Waals surface area contributed by atoms with Gasteiger partial charge < -0.3 is 10.6 Å². The Balaban J connectivity index is 3.28. The zero-order chi connectivity index (χ0) is 7.28. The molecule has 52 valence electrons. The molecule has 0 bridgehead atoms. The molecule has 0 unspecified atom stereocenters. The van der Waals surface area contributed by atoms with Crippen molar-refractivity contribution in [2.24, 2.45) is 0 Å². The lowest BCUT2D eigenvalue weighted by Crippen LogP contribution is -2.32. The van der Waals surface area contributed by atoms with Gasteiger partial charge in [0.15, 0.2) is 0 Å². The van der Waals surface area contributed by atoms with Gasteiger partial charge in [0.2, 0.25) is 5.91 Å². The van der Waals surface area contributed by atoms with Gasteiger partial charge in [-0.2, -0.15) is 0 Å². The molecule has 0 rings (SSSR count). The molecular weight excluding hydrogens is 235 g/mol. The van der Waals surface area contributed by atoms with Crippen LogP contribution < -0.4 is 10.6 Å². The molecule has 0 aromatic carbocycles. The van der Waals surface area contributed by atoms with E-state index >= 15 is 0 Å². The number of rotatable bonds is 2. The van der Waals surface area contributed by atoms with E-state index in [1.807, 2.05) is 0 Å². The summed E-state index contributed by atoms with van der Waals surface area (Å²) in [6, 6.07) is 0. The van der Waals surface area contributed by atoms with E-state index in [1.54, 1.807) is 22.6 Å². The first-order chi connectivity index (χ1) is 4.16. The van der Waals surface area contributed by atoms with Crippen molar-refractivity contribution in [3.8, 4) is 0 Å². The highest BCUT2D eigenvalue weighted by molar-refractivity contribution is 14.1. The quantitative estimate of drug-likeness (QED) is 0.403. The van der Waals surface area contributed by atoms with Gasteiger partial charge in [0.25, 0.3) is 3.91 Å². The van der Waals surface area contributed by atoms with E-state index in [0.29, 0.717) is 0 Å². The standard InChI is InChI=1S/C4H7IN2O2/c1-6-3(8)2-7-4(5)9/h2H2,1H3,(H,6,8)(H,7,9). The summed E-state index contributed by atoms with van der Waals surface area (Å²) in [7, 11) is 1.52. The van der Waals surface area contributed by atoms with E-state index in [4.69, 9.17) is 0 Å². The van der Waals surface area contributed by atoms with Crippen LogP contribution in [0.5, 0.6) is 0 Å². The molecule has 0 aliphatic heterocycles. The van der Waals surface area contributed by atoms with Gasteiger partial charge in [-0.25, -0.2) is 0 Å². The van der Waals surface area contributed by atoms with Crippen molar-refractivity contribution in [3.63, 3.8) is 0 Å². The normalized spacial score (nSPS) is 8.22. The number of halogens is 1. The highest BCUT2D eigenvalue weighted by Crippen LogP contribution is 1.80. The Labute approximate surface area is 66.5 Å². The minimum Gasteiger partial charge on any atom is -0.358 e. The van der Waals surface area contributed by atoms with Crippen LogP contribution in [0.1, 0.15) is 0 Å². The second-order valence-corrected chi connectivity index (χ2v) is 2.28. The summed E-state index contributed by atoms with van der Waals surface area (Å²) in [4.78, 5) is 20.5. The van der Waals surface area contributed by atoms with Crippen molar-refractivity contribution in [2.75, 3.05) is 13.6 Å². The lowest BCUT2D eigenvalue weighted by molar-refractivity contribution is -0.119. The van der Waals surface area contributed by atoms with E-state index in [9.17, 15) is 9.59 Å². The summed E-state index contributed by atoms with van der Waals surface area (Å²) in [6.07, 6.45) is 0. The van der Waals surface area contributed by atoms with Gasteiger partial charge in [0, 0.05) is 29.6 Å². The lowest BCUT2D eigenvalue weighted by Gasteiger charge is -1.97. The van der Waals surface area contributed by atoms with E-state index in [-0.39, 0.29) is 16.4 Å². The maximum absolute atomic E-state index is 10.4. The van der Waals surface area contributed by atoms with Crippen LogP contribution in [0.3, 0.4) is 0 Å². The Morgan fingerprint density at radius 3 is 2.44 bits per heavy atom. The fourth-order valence-electron chi connectivity index (χ4n) is 0.238. The number of likely N-dealkylation sites (N-methyl/N-ethyl adjacent to an activating group) is 1. The predicted octanol–water partition coefficient (Wildman–Crippen LogP) is -0.123. The fourth-order valence-corrected chi connectivity index (χ4v) is 0.429. The topological polar surface area (TPSA) is 58.2 Å². The van der Waals surface area contributed by atoms with Crippen LogP contribution in [0.2, 0.25) is 0 Å². The highest BCUT2D eigenvalue weighted by atomic mass is 127. The largest absolute Gasteiger partial charge is 0.358 e. The van der Waals surface area contributed by atoms with Gasteiger partial charge in [-0.15, -0.1) is 0 Å². The van der Waals surface area contributed by atoms with E-state index < -0.39 is 0 Å². The van der Waals surface area contributed by atoms with Crippen molar-refractivity contribution in [3.05, 3.63) is 0 Å². The molecule has 0 radical (unpaired) electrons. The number of hydrogen-bond donors (Lipinski definition) is 2. The fraction of sp³-hybridized carbons (Fsp3) is 0.500. The third-order valence-electron chi connectivity index (χ3n) is 0.667. The van der Waals surface area contributed by atoms with Gasteiger partial charge in [0.05, 0.1) is 6.54 Å². The summed E-state index contributed by atoms with van der Waals surface area (Å²) in [5.41, 5.74) is 0. The number of nitrogens with one attached hydrogen (secondary N) is 2. The van der Waals surface area contributed by atoms with Crippen molar-refractivity contribution in [1.82, 2.24) is 10.6 Å². The smallest absolute Gasteiger partial charge is 0.281 e. The molecule has 0 aromatic heterocycles. The van der Waals surface area contributed by atoms with Crippen molar-refractivity contribution < 1.29 is 9.59 Å². The van der Waals surface area contributed by atoms with E-state index in [2.05, 4.69) is 10.6 Å². The first kappa shape index (κ1) is 8.67. The monoisotopic (exact) mass is 242 g/mol. The first-order valence-corrected chi connectivity index (χ1v) is 3.38. The van der Waals surface area contributed by atoms with Gasteiger partial charge in [-0.1, -0.05) is 0 Å². The number of carbonyl (C=O) groups excluding carboxylic acids is 2. The number of carbonyl (C=O) groups is 2. The molecule has 2 amide bonds. The summed E-state index contributed by atoms with van der Waals surface area (Å²) < 4.78 is -0.226. The zero-order valence-corrected chi connectivity index (χ0v) is 7.06. The molecule has 0 fully saturated rings. The Hall–Kier alpha value is -0.330. The molecule has 0 aromatic rings. The van der Waals surface area contributed by atoms with Crippen LogP contribution in [0.15, 0.2) is 0 Å². The third-order valence-corrected chi connectivity index (χ3v) is 1.05. The zero-order valence-electron chi connectivity index (χ0n) is 4.90. The van der Waals surface area contributed by atoms with Crippen molar-refractivity contribution in [1.29, 1.82) is 0 Å².